The maximum atomic E-state index is 12.1. The molecule has 0 aromatic carbocycles. The average Bonchev–Trinajstić information content (AvgIpc) is 3.25. The highest BCUT2D eigenvalue weighted by atomic mass is 16.5. The van der Waals surface area contributed by atoms with Gasteiger partial charge in [0.05, 0.1) is 7.11 Å². The first-order chi connectivity index (χ1) is 9.44. The second kappa shape index (κ2) is 6.44. The third-order valence-corrected chi connectivity index (χ3v) is 4.30. The first-order valence-electron chi connectivity index (χ1n) is 8.05. The van der Waals surface area contributed by atoms with Crippen LogP contribution in [0.2, 0.25) is 0 Å². The summed E-state index contributed by atoms with van der Waals surface area (Å²) in [6.45, 7) is 8.63. The number of carbonyl (C=O) groups excluding carboxylic acids is 1. The van der Waals surface area contributed by atoms with Gasteiger partial charge in [0.2, 0.25) is 0 Å². The van der Waals surface area contributed by atoms with Crippen molar-refractivity contribution in [3.8, 4) is 0 Å². The molecule has 2 aliphatic rings. The molecule has 1 atom stereocenters. The predicted molar refractivity (Wildman–Crippen MR) is 80.6 cm³/mol. The monoisotopic (exact) mass is 282 g/mol. The average molecular weight is 282 g/mol. The Morgan fingerprint density at radius 3 is 2.45 bits per heavy atom. The van der Waals surface area contributed by atoms with Crippen molar-refractivity contribution in [2.24, 2.45) is 5.92 Å². The third-order valence-electron chi connectivity index (χ3n) is 4.30. The van der Waals surface area contributed by atoms with Gasteiger partial charge in [-0.15, -0.1) is 0 Å². The molecule has 1 N–H and O–H groups in total. The zero-order chi connectivity index (χ0) is 14.8. The van der Waals surface area contributed by atoms with Gasteiger partial charge in [-0.1, -0.05) is 13.8 Å². The number of nitrogens with zero attached hydrogens (tertiary/aromatic N) is 1. The van der Waals surface area contributed by atoms with Crippen LogP contribution in [-0.2, 0) is 9.53 Å². The van der Waals surface area contributed by atoms with Crippen LogP contribution in [0.4, 0.5) is 0 Å². The lowest BCUT2D eigenvalue weighted by Crippen LogP contribution is -2.53. The minimum Gasteiger partial charge on any atom is -0.468 e. The lowest BCUT2D eigenvalue weighted by molar-refractivity contribution is -0.148. The molecule has 0 aromatic rings. The quantitative estimate of drug-likeness (QED) is 0.658. The highest BCUT2D eigenvalue weighted by Gasteiger charge is 2.40. The van der Waals surface area contributed by atoms with E-state index in [0.717, 1.165) is 25.6 Å². The fourth-order valence-electron chi connectivity index (χ4n) is 2.84. The molecule has 20 heavy (non-hydrogen) atoms. The molecule has 116 valence electrons. The number of nitrogens with one attached hydrogen (secondary N) is 1. The summed E-state index contributed by atoms with van der Waals surface area (Å²) in [6, 6.07) is 1.26. The topological polar surface area (TPSA) is 41.6 Å². The van der Waals surface area contributed by atoms with Crippen molar-refractivity contribution in [3.63, 3.8) is 0 Å². The van der Waals surface area contributed by atoms with Crippen LogP contribution in [-0.4, -0.2) is 48.7 Å². The van der Waals surface area contributed by atoms with E-state index in [2.05, 4.69) is 24.1 Å². The Kier molecular flexibility index (Phi) is 5.08. The van der Waals surface area contributed by atoms with Crippen molar-refractivity contribution in [1.29, 1.82) is 0 Å². The van der Waals surface area contributed by atoms with E-state index in [-0.39, 0.29) is 5.97 Å². The lowest BCUT2D eigenvalue weighted by Gasteiger charge is -2.32. The van der Waals surface area contributed by atoms with Gasteiger partial charge in [-0.3, -0.25) is 10.1 Å². The highest BCUT2D eigenvalue weighted by molar-refractivity contribution is 5.80. The van der Waals surface area contributed by atoms with Crippen molar-refractivity contribution < 1.29 is 9.53 Å². The molecule has 0 aliphatic heterocycles. The van der Waals surface area contributed by atoms with Crippen molar-refractivity contribution >= 4 is 5.97 Å². The fourth-order valence-corrected chi connectivity index (χ4v) is 2.84. The molecule has 1 unspecified atom stereocenters. The molecule has 0 bridgehead atoms. The second-order valence-electron chi connectivity index (χ2n) is 7.11. The molecule has 2 fully saturated rings. The van der Waals surface area contributed by atoms with Crippen LogP contribution >= 0.6 is 0 Å². The molecule has 0 amide bonds. The molecule has 4 nitrogen and oxygen atoms in total. The Labute approximate surface area is 123 Å². The van der Waals surface area contributed by atoms with Gasteiger partial charge in [0.25, 0.3) is 0 Å². The summed E-state index contributed by atoms with van der Waals surface area (Å²) in [5, 5.41) is 3.48. The molecule has 0 heterocycles. The first kappa shape index (κ1) is 15.8. The van der Waals surface area contributed by atoms with Gasteiger partial charge < -0.3 is 9.64 Å². The van der Waals surface area contributed by atoms with E-state index in [0.29, 0.717) is 12.0 Å². The molecule has 0 spiro atoms. The van der Waals surface area contributed by atoms with Gasteiger partial charge in [0, 0.05) is 25.2 Å². The summed E-state index contributed by atoms with van der Waals surface area (Å²) in [5.41, 5.74) is -0.528. The normalized spacial score (nSPS) is 22.1. The number of rotatable bonds is 9. The van der Waals surface area contributed by atoms with Gasteiger partial charge in [-0.2, -0.15) is 0 Å². The lowest BCUT2D eigenvalue weighted by atomic mass is 9.97. The third kappa shape index (κ3) is 4.45. The smallest absolute Gasteiger partial charge is 0.325 e. The van der Waals surface area contributed by atoms with E-state index in [9.17, 15) is 4.79 Å². The zero-order valence-corrected chi connectivity index (χ0v) is 13.4. The Morgan fingerprint density at radius 2 is 2.00 bits per heavy atom. The van der Waals surface area contributed by atoms with E-state index in [4.69, 9.17) is 4.74 Å². The summed E-state index contributed by atoms with van der Waals surface area (Å²) >= 11 is 0. The summed E-state index contributed by atoms with van der Waals surface area (Å²) in [7, 11) is 1.49. The molecule has 2 rings (SSSR count). The van der Waals surface area contributed by atoms with E-state index >= 15 is 0 Å². The SMILES string of the molecule is COC(=O)C(C)(CCN(CC(C)C)C1CC1)NC1CC1. The summed E-state index contributed by atoms with van der Waals surface area (Å²) in [6.07, 6.45) is 5.84. The highest BCUT2D eigenvalue weighted by Crippen LogP contribution is 2.30. The maximum Gasteiger partial charge on any atom is 0.325 e. The van der Waals surface area contributed by atoms with Crippen LogP contribution in [0, 0.1) is 5.92 Å². The van der Waals surface area contributed by atoms with Crippen LogP contribution in [0.25, 0.3) is 0 Å². The van der Waals surface area contributed by atoms with Crippen LogP contribution in [0.5, 0.6) is 0 Å². The molecule has 4 heteroatoms. The summed E-state index contributed by atoms with van der Waals surface area (Å²) < 4.78 is 5.01. The van der Waals surface area contributed by atoms with Crippen LogP contribution < -0.4 is 5.32 Å². The number of hydrogen-bond donors (Lipinski definition) is 1. The molecule has 0 saturated heterocycles. The largest absolute Gasteiger partial charge is 0.468 e. The summed E-state index contributed by atoms with van der Waals surface area (Å²) in [5.74, 6) is 0.557. The van der Waals surface area contributed by atoms with E-state index in [1.807, 2.05) is 6.92 Å². The number of methoxy groups -OCH3 is 1. The fraction of sp³-hybridized carbons (Fsp3) is 0.938. The van der Waals surface area contributed by atoms with Gasteiger partial charge >= 0.3 is 5.97 Å². The van der Waals surface area contributed by atoms with Gasteiger partial charge in [0.15, 0.2) is 0 Å². The first-order valence-corrected chi connectivity index (χ1v) is 8.05. The number of esters is 1. The Morgan fingerprint density at radius 1 is 1.35 bits per heavy atom. The Bertz CT molecular complexity index is 337. The molecule has 0 radical (unpaired) electrons. The van der Waals surface area contributed by atoms with E-state index in [1.165, 1.54) is 32.8 Å². The number of carbonyl (C=O) groups is 1. The number of hydrogen-bond acceptors (Lipinski definition) is 4. The summed E-state index contributed by atoms with van der Waals surface area (Å²) in [4.78, 5) is 14.7. The predicted octanol–water partition coefficient (Wildman–Crippen LogP) is 2.18. The van der Waals surface area contributed by atoms with Gasteiger partial charge in [-0.25, -0.2) is 0 Å². The van der Waals surface area contributed by atoms with Crippen molar-refractivity contribution in [2.75, 3.05) is 20.2 Å². The van der Waals surface area contributed by atoms with Crippen molar-refractivity contribution in [1.82, 2.24) is 10.2 Å². The van der Waals surface area contributed by atoms with Crippen LogP contribution in [0.1, 0.15) is 52.9 Å². The zero-order valence-electron chi connectivity index (χ0n) is 13.4. The van der Waals surface area contributed by atoms with Gasteiger partial charge in [0.1, 0.15) is 5.54 Å². The van der Waals surface area contributed by atoms with Crippen molar-refractivity contribution in [2.45, 2.75) is 70.5 Å². The minimum absolute atomic E-state index is 0.121. The molecule has 0 aromatic heterocycles. The number of ether oxygens (including phenoxy) is 1. The van der Waals surface area contributed by atoms with Crippen LogP contribution in [0.15, 0.2) is 0 Å². The molecule has 2 saturated carbocycles. The minimum atomic E-state index is -0.528. The van der Waals surface area contributed by atoms with Crippen LogP contribution in [0.3, 0.4) is 0 Å². The maximum absolute atomic E-state index is 12.1. The molecule has 2 aliphatic carbocycles. The van der Waals surface area contributed by atoms with E-state index in [1.54, 1.807) is 0 Å². The standard InChI is InChI=1S/C16H30N2O2/c1-12(2)11-18(14-7-8-14)10-9-16(3,15(19)20-4)17-13-5-6-13/h12-14,17H,5-11H2,1-4H3. The van der Waals surface area contributed by atoms with E-state index < -0.39 is 5.54 Å². The Hall–Kier alpha value is -0.610. The molecular weight excluding hydrogens is 252 g/mol. The Balaban J connectivity index is 1.90. The second-order valence-corrected chi connectivity index (χ2v) is 7.11. The van der Waals surface area contributed by atoms with Gasteiger partial charge in [-0.05, 0) is 44.9 Å². The molecular formula is C16H30N2O2. The van der Waals surface area contributed by atoms with Crippen molar-refractivity contribution in [3.05, 3.63) is 0 Å².